The highest BCUT2D eigenvalue weighted by Gasteiger charge is 2.57. The van der Waals surface area contributed by atoms with Gasteiger partial charge in [0.15, 0.2) is 9.84 Å². The fourth-order valence-corrected chi connectivity index (χ4v) is 4.58. The number of carboxylic acids is 1. The molecule has 8 heteroatoms. The summed E-state index contributed by atoms with van der Waals surface area (Å²) < 4.78 is 22.7. The third kappa shape index (κ3) is 2.36. The van der Waals surface area contributed by atoms with E-state index >= 15 is 0 Å². The lowest BCUT2D eigenvalue weighted by atomic mass is 10.1. The lowest BCUT2D eigenvalue weighted by Gasteiger charge is -2.34. The third-order valence-electron chi connectivity index (χ3n) is 4.67. The topological polar surface area (TPSA) is 95.0 Å². The van der Waals surface area contributed by atoms with Gasteiger partial charge in [0.1, 0.15) is 0 Å². The third-order valence-corrected chi connectivity index (χ3v) is 6.27. The van der Waals surface area contributed by atoms with Gasteiger partial charge in [-0.2, -0.15) is 0 Å². The van der Waals surface area contributed by atoms with E-state index in [9.17, 15) is 18.0 Å². The average Bonchev–Trinajstić information content (AvgIpc) is 3.11. The Kier molecular flexibility index (Phi) is 3.15. The quantitative estimate of drug-likeness (QED) is 0.704. The van der Waals surface area contributed by atoms with Crippen LogP contribution in [0.3, 0.4) is 0 Å². The second-order valence-corrected chi connectivity index (χ2v) is 8.15. The standard InChI is InChI=1S/C12H18N2O5S/c15-11(16)10-8-1-2-14(7-9(8)10)12(17)13-3-5-20(18,19)6-4-13/h8-10H,1-7H2,(H,15,16). The summed E-state index contributed by atoms with van der Waals surface area (Å²) in [5, 5.41) is 9.03. The molecule has 1 saturated carbocycles. The van der Waals surface area contributed by atoms with Crippen LogP contribution >= 0.6 is 0 Å². The summed E-state index contributed by atoms with van der Waals surface area (Å²) in [7, 11) is -2.99. The molecule has 1 N–H and O–H groups in total. The van der Waals surface area contributed by atoms with Crippen molar-refractivity contribution in [1.82, 2.24) is 9.80 Å². The van der Waals surface area contributed by atoms with Gasteiger partial charge in [0.25, 0.3) is 0 Å². The number of nitrogens with zero attached hydrogens (tertiary/aromatic N) is 2. The van der Waals surface area contributed by atoms with Crippen LogP contribution in [0.5, 0.6) is 0 Å². The number of urea groups is 1. The number of likely N-dealkylation sites (tertiary alicyclic amines) is 1. The van der Waals surface area contributed by atoms with Crippen molar-refractivity contribution in [3.05, 3.63) is 0 Å². The van der Waals surface area contributed by atoms with E-state index in [0.29, 0.717) is 13.1 Å². The zero-order valence-corrected chi connectivity index (χ0v) is 11.9. The van der Waals surface area contributed by atoms with Gasteiger partial charge in [-0.05, 0) is 18.3 Å². The van der Waals surface area contributed by atoms with Gasteiger partial charge in [0, 0.05) is 26.2 Å². The van der Waals surface area contributed by atoms with Crippen LogP contribution in [0.2, 0.25) is 0 Å². The predicted octanol–water partition coefficient (Wildman–Crippen LogP) is -0.511. The number of rotatable bonds is 1. The molecule has 3 atom stereocenters. The van der Waals surface area contributed by atoms with E-state index in [1.165, 1.54) is 0 Å². The van der Waals surface area contributed by atoms with E-state index in [2.05, 4.69) is 0 Å². The number of hydrogen-bond acceptors (Lipinski definition) is 4. The lowest BCUT2D eigenvalue weighted by Crippen LogP contribution is -2.51. The molecule has 1 aliphatic carbocycles. The molecular formula is C12H18N2O5S. The number of aliphatic carboxylic acids is 1. The fourth-order valence-electron chi connectivity index (χ4n) is 3.38. The smallest absolute Gasteiger partial charge is 0.320 e. The summed E-state index contributed by atoms with van der Waals surface area (Å²) in [6.45, 7) is 1.55. The number of carbonyl (C=O) groups is 2. The second-order valence-electron chi connectivity index (χ2n) is 5.85. The van der Waals surface area contributed by atoms with Crippen molar-refractivity contribution in [3.8, 4) is 0 Å². The molecule has 3 aliphatic rings. The molecule has 2 amide bonds. The molecule has 2 saturated heterocycles. The first-order chi connectivity index (χ1) is 9.39. The van der Waals surface area contributed by atoms with Gasteiger partial charge in [-0.1, -0.05) is 0 Å². The summed E-state index contributed by atoms with van der Waals surface area (Å²) in [5.74, 6) is -0.711. The van der Waals surface area contributed by atoms with Crippen molar-refractivity contribution in [2.75, 3.05) is 37.7 Å². The van der Waals surface area contributed by atoms with E-state index in [4.69, 9.17) is 5.11 Å². The molecule has 7 nitrogen and oxygen atoms in total. The fraction of sp³-hybridized carbons (Fsp3) is 0.833. The number of fused-ring (bicyclic) bond motifs is 1. The first-order valence-corrected chi connectivity index (χ1v) is 8.68. The van der Waals surface area contributed by atoms with Gasteiger partial charge in [-0.3, -0.25) is 4.79 Å². The van der Waals surface area contributed by atoms with Crippen molar-refractivity contribution in [3.63, 3.8) is 0 Å². The van der Waals surface area contributed by atoms with Gasteiger partial charge in [-0.25, -0.2) is 13.2 Å². The van der Waals surface area contributed by atoms with Gasteiger partial charge < -0.3 is 14.9 Å². The number of hydrogen-bond donors (Lipinski definition) is 1. The molecule has 0 aromatic rings. The van der Waals surface area contributed by atoms with Crippen molar-refractivity contribution in [1.29, 1.82) is 0 Å². The number of carbonyl (C=O) groups excluding carboxylic acids is 1. The number of amides is 2. The summed E-state index contributed by atoms with van der Waals surface area (Å²) in [6.07, 6.45) is 0.736. The van der Waals surface area contributed by atoms with Crippen LogP contribution in [0.15, 0.2) is 0 Å². The van der Waals surface area contributed by atoms with Crippen LogP contribution in [0.1, 0.15) is 6.42 Å². The lowest BCUT2D eigenvalue weighted by molar-refractivity contribution is -0.139. The Morgan fingerprint density at radius 2 is 1.65 bits per heavy atom. The maximum atomic E-state index is 12.3. The van der Waals surface area contributed by atoms with E-state index < -0.39 is 15.8 Å². The molecule has 3 fully saturated rings. The highest BCUT2D eigenvalue weighted by molar-refractivity contribution is 7.91. The second kappa shape index (κ2) is 4.61. The molecule has 0 radical (unpaired) electrons. The van der Waals surface area contributed by atoms with Gasteiger partial charge >= 0.3 is 12.0 Å². The largest absolute Gasteiger partial charge is 0.481 e. The number of sulfone groups is 1. The molecule has 2 aliphatic heterocycles. The summed E-state index contributed by atoms with van der Waals surface area (Å²) >= 11 is 0. The van der Waals surface area contributed by atoms with Crippen LogP contribution in [0.25, 0.3) is 0 Å². The minimum absolute atomic E-state index is 0.0242. The van der Waals surface area contributed by atoms with Crippen LogP contribution in [0, 0.1) is 17.8 Å². The molecule has 112 valence electrons. The Labute approximate surface area is 117 Å². The molecule has 2 heterocycles. The summed E-state index contributed by atoms with van der Waals surface area (Å²) in [6, 6.07) is -0.144. The molecule has 0 bridgehead atoms. The van der Waals surface area contributed by atoms with Crippen LogP contribution in [0.4, 0.5) is 4.79 Å². The summed E-state index contributed by atoms with van der Waals surface area (Å²) in [4.78, 5) is 26.6. The monoisotopic (exact) mass is 302 g/mol. The summed E-state index contributed by atoms with van der Waals surface area (Å²) in [5.41, 5.74) is 0. The maximum Gasteiger partial charge on any atom is 0.320 e. The molecule has 3 rings (SSSR count). The van der Waals surface area contributed by atoms with Gasteiger partial charge in [0.05, 0.1) is 17.4 Å². The Morgan fingerprint density at radius 3 is 2.25 bits per heavy atom. The molecule has 0 spiro atoms. The van der Waals surface area contributed by atoms with Crippen LogP contribution < -0.4 is 0 Å². The Bertz CT molecular complexity index is 532. The molecular weight excluding hydrogens is 284 g/mol. The zero-order valence-electron chi connectivity index (χ0n) is 11.1. The minimum Gasteiger partial charge on any atom is -0.481 e. The highest BCUT2D eigenvalue weighted by atomic mass is 32.2. The maximum absolute atomic E-state index is 12.3. The zero-order chi connectivity index (χ0) is 14.5. The highest BCUT2D eigenvalue weighted by Crippen LogP contribution is 2.51. The Morgan fingerprint density at radius 1 is 1.00 bits per heavy atom. The SMILES string of the molecule is O=C(O)C1C2CCN(C(=O)N3CCS(=O)(=O)CC3)CC21. The van der Waals surface area contributed by atoms with E-state index in [0.717, 1.165) is 6.42 Å². The van der Waals surface area contributed by atoms with Crippen LogP contribution in [-0.2, 0) is 14.6 Å². The minimum atomic E-state index is -2.99. The van der Waals surface area contributed by atoms with Gasteiger partial charge in [0.2, 0.25) is 0 Å². The molecule has 3 unspecified atom stereocenters. The molecule has 0 aromatic heterocycles. The van der Waals surface area contributed by atoms with Gasteiger partial charge in [-0.15, -0.1) is 0 Å². The van der Waals surface area contributed by atoms with Crippen molar-refractivity contribution in [2.45, 2.75) is 6.42 Å². The Hall–Kier alpha value is -1.31. The van der Waals surface area contributed by atoms with Crippen LogP contribution in [-0.4, -0.2) is 73.0 Å². The average molecular weight is 302 g/mol. The number of piperidine rings is 1. The van der Waals surface area contributed by atoms with Crippen molar-refractivity contribution < 1.29 is 23.1 Å². The predicted molar refractivity (Wildman–Crippen MR) is 69.9 cm³/mol. The Balaban J connectivity index is 1.58. The number of carboxylic acid groups (broad SMARTS) is 1. The van der Waals surface area contributed by atoms with E-state index in [-0.39, 0.29) is 48.4 Å². The van der Waals surface area contributed by atoms with Crippen molar-refractivity contribution in [2.24, 2.45) is 17.8 Å². The normalized spacial score (nSPS) is 35.3. The van der Waals surface area contributed by atoms with E-state index in [1.54, 1.807) is 9.80 Å². The first-order valence-electron chi connectivity index (χ1n) is 6.86. The van der Waals surface area contributed by atoms with E-state index in [1.807, 2.05) is 0 Å². The molecule has 0 aromatic carbocycles. The molecule has 20 heavy (non-hydrogen) atoms. The first kappa shape index (κ1) is 13.7. The van der Waals surface area contributed by atoms with Crippen molar-refractivity contribution >= 4 is 21.8 Å².